The summed E-state index contributed by atoms with van der Waals surface area (Å²) in [6.45, 7) is -4.09. The highest BCUT2D eigenvalue weighted by Crippen LogP contribution is 2.71. The molecule has 756 valence electrons. The van der Waals surface area contributed by atoms with E-state index in [1.807, 2.05) is 0 Å². The van der Waals surface area contributed by atoms with Crippen LogP contribution in [0.2, 0.25) is 0 Å². The second-order valence-corrected chi connectivity index (χ2v) is 27.1. The van der Waals surface area contributed by atoms with Crippen molar-refractivity contribution in [1.82, 2.24) is 0 Å². The molecule has 0 saturated carbocycles. The number of aryl methyl sites for hydroxylation is 6. The van der Waals surface area contributed by atoms with Crippen LogP contribution in [0.5, 0.6) is 0 Å². The molecule has 69 heteroatoms. The number of hydrogen-bond donors (Lipinski definition) is 0. The monoisotopic (exact) mass is 2060 g/mol. The van der Waals surface area contributed by atoms with Gasteiger partial charge in [0.2, 0.25) is 0 Å². The molecule has 0 aliphatic rings. The van der Waals surface area contributed by atoms with Gasteiger partial charge in [-0.25, -0.2) is 0 Å². The van der Waals surface area contributed by atoms with E-state index >= 15 is 0 Å². The molecule has 129 heavy (non-hydrogen) atoms. The molecule has 0 unspecified atom stereocenters. The molecule has 0 nitrogen and oxygen atoms in total. The summed E-state index contributed by atoms with van der Waals surface area (Å²) in [4.78, 5) is 0. The molecule has 0 aromatic heterocycles. The van der Waals surface area contributed by atoms with Gasteiger partial charge in [-0.2, -0.15) is 303 Å². The van der Waals surface area contributed by atoms with Crippen molar-refractivity contribution in [3.63, 3.8) is 0 Å². The van der Waals surface area contributed by atoms with Gasteiger partial charge in [0.05, 0.1) is 0 Å². The van der Waals surface area contributed by atoms with Crippen molar-refractivity contribution in [3.8, 4) is 0 Å². The molecule has 3 aromatic carbocycles. The van der Waals surface area contributed by atoms with Crippen LogP contribution in [0, 0.1) is 41.5 Å². The second kappa shape index (κ2) is 32.0. The highest BCUT2D eigenvalue weighted by Gasteiger charge is 2.98. The van der Waals surface area contributed by atoms with Crippen LogP contribution in [0.3, 0.4) is 0 Å². The summed E-state index contributed by atoms with van der Waals surface area (Å²) in [5.74, 6) is -231. The highest BCUT2D eigenvalue weighted by molar-refractivity contribution is 5.47. The van der Waals surface area contributed by atoms with E-state index in [0.717, 1.165) is 0 Å². The van der Waals surface area contributed by atoms with Crippen LogP contribution >= 0.6 is 0 Å². The number of alkyl halides is 69. The predicted molar refractivity (Wildman–Crippen MR) is 285 cm³/mol. The summed E-state index contributed by atoms with van der Waals surface area (Å²) < 4.78 is 936. The Bertz CT molecular complexity index is 4480. The van der Waals surface area contributed by atoms with Gasteiger partial charge in [-0.15, -0.1) is 0 Å². The Morgan fingerprint density at radius 3 is 0.326 bits per heavy atom. The van der Waals surface area contributed by atoms with Crippen molar-refractivity contribution < 1.29 is 303 Å². The number of rotatable bonds is 30. The lowest BCUT2D eigenvalue weighted by atomic mass is 9.83. The van der Waals surface area contributed by atoms with Crippen LogP contribution in [0.25, 0.3) is 0 Å². The van der Waals surface area contributed by atoms with Crippen molar-refractivity contribution in [2.24, 2.45) is 0 Å². The zero-order valence-corrected chi connectivity index (χ0v) is 61.0. The van der Waals surface area contributed by atoms with E-state index in [4.69, 9.17) is 0 Å². The number of benzene rings is 3. The molecule has 0 atom stereocenters. The fourth-order valence-corrected chi connectivity index (χ4v) is 9.81. The van der Waals surface area contributed by atoms with Crippen LogP contribution in [0.4, 0.5) is 303 Å². The zero-order chi connectivity index (χ0) is 106. The molecule has 0 aliphatic carbocycles. The maximum Gasteiger partial charge on any atom is 0.460 e. The van der Waals surface area contributed by atoms with Gasteiger partial charge in [0.1, 0.15) is 0 Å². The van der Waals surface area contributed by atoms with Crippen LogP contribution in [0.15, 0.2) is 36.4 Å². The third-order valence-electron chi connectivity index (χ3n) is 17.7. The van der Waals surface area contributed by atoms with Gasteiger partial charge in [0, 0.05) is 54.2 Å². The first kappa shape index (κ1) is 120. The molecular weight excluding hydrogens is 2030 g/mol. The van der Waals surface area contributed by atoms with Crippen molar-refractivity contribution in [3.05, 3.63) is 103 Å². The molecule has 0 N–H and O–H groups in total. The van der Waals surface area contributed by atoms with Gasteiger partial charge in [-0.05, 0) is 111 Å². The lowest BCUT2D eigenvalue weighted by Crippen LogP contribution is -2.74. The third-order valence-corrected chi connectivity index (χ3v) is 17.7. The minimum absolute atomic E-state index is 0.203. The summed E-state index contributed by atoms with van der Waals surface area (Å²) in [5, 5.41) is 0. The average molecular weight is 2060 g/mol. The van der Waals surface area contributed by atoms with Crippen LogP contribution < -0.4 is 0 Å². The van der Waals surface area contributed by atoms with E-state index in [9.17, 15) is 303 Å². The zero-order valence-electron chi connectivity index (χ0n) is 61.0. The summed E-state index contributed by atoms with van der Waals surface area (Å²) in [6, 6.07) is -5.71. The average Bonchev–Trinajstić information content (AvgIpc) is 0.692. The fourth-order valence-electron chi connectivity index (χ4n) is 9.81. The Kier molecular flexibility index (Phi) is 29.7. The Morgan fingerprint density at radius 2 is 0.202 bits per heavy atom. The molecule has 0 fully saturated rings. The lowest BCUT2D eigenvalue weighted by Gasteiger charge is -2.43. The van der Waals surface area contributed by atoms with Crippen molar-refractivity contribution in [2.75, 3.05) is 0 Å². The third kappa shape index (κ3) is 16.7. The fraction of sp³-hybridized carbons (Fsp3) is 0.700. The molecule has 0 radical (unpaired) electrons. The van der Waals surface area contributed by atoms with Crippen molar-refractivity contribution in [1.29, 1.82) is 0 Å². The quantitative estimate of drug-likeness (QED) is 0.0584. The Labute approximate surface area is 664 Å². The lowest BCUT2D eigenvalue weighted by molar-refractivity contribution is -0.462. The van der Waals surface area contributed by atoms with Gasteiger partial charge >= 0.3 is 196 Å². The molecule has 0 saturated heterocycles. The smallest absolute Gasteiger partial charge is 0.200 e. The molecule has 0 bridgehead atoms. The molecule has 0 heterocycles. The number of halogens is 69. The Morgan fingerprint density at radius 1 is 0.116 bits per heavy atom. The highest BCUT2D eigenvalue weighted by atomic mass is 19.5. The Hall–Kier alpha value is -7.17. The van der Waals surface area contributed by atoms with E-state index in [1.54, 1.807) is 0 Å². The summed E-state index contributed by atoms with van der Waals surface area (Å²) >= 11 is 0. The van der Waals surface area contributed by atoms with Crippen molar-refractivity contribution in [2.45, 2.75) is 259 Å². The maximum absolute atomic E-state index is 14.8. The SMILES string of the molecule is Cc1cc(C(F)(F)C(F)(F)C(F)(F)C(F)(F)C(F)(F)C(F)(F)C(F)(F)C(F)(F)F)c(C)cc1C(F)(F)C(F)(F)C(F)(F)C(F)(F)C(F)(F)C(F)(F)C(C)(F)F.Cc1cc(C(F)(F)C(F)(F)C(F)(F)C(F)(F)C(F)(F)C(F)(F)F)c(C)cc1C(F)(F)C(F)(F)C(F)(F)C(F)(F)C(C)(F)F.Cc1cc(C(F)(F)C(F)(F)C(F)(F)C(F)(F)F)c(C)cc1C(F)(F)C(F)(F)C(C)(F)F. The van der Waals surface area contributed by atoms with Gasteiger partial charge in [0.15, 0.2) is 0 Å². The van der Waals surface area contributed by atoms with Gasteiger partial charge in [0.25, 0.3) is 0 Å². The van der Waals surface area contributed by atoms with Crippen LogP contribution in [-0.2, 0) is 35.5 Å². The normalized spacial score (nSPS) is 16.1. The first-order valence-electron chi connectivity index (χ1n) is 30.8. The minimum atomic E-state index is -9.17. The summed E-state index contributed by atoms with van der Waals surface area (Å²) in [5.41, 5.74) is -29.4. The summed E-state index contributed by atoms with van der Waals surface area (Å²) in [7, 11) is 0. The molecule has 3 aromatic rings. The van der Waals surface area contributed by atoms with E-state index < -0.39 is 328 Å². The van der Waals surface area contributed by atoms with Crippen molar-refractivity contribution >= 4 is 0 Å². The van der Waals surface area contributed by atoms with Gasteiger partial charge in [-0.3, -0.25) is 0 Å². The largest absolute Gasteiger partial charge is 0.460 e. The van der Waals surface area contributed by atoms with Gasteiger partial charge in [-0.1, -0.05) is 0 Å². The maximum atomic E-state index is 14.8. The standard InChI is InChI=1S/C24H11F31.C20H11F23.C16H11F15/c1-6-5-9(12(29,30)15(35,36)18(41,42)20(45,46)21(47,48)22(49,50)23(51,52)24(53,54)55)7(2)4-8(6)11(27,28)14(33,34)17(39,40)19(43,44)16(37,38)13(31,32)10(3,25)26;1-6-5-9(12(25,26)15(31,32)17(35,36)18(37,38)19(39,40)20(41,42)43)7(2)4-8(6)11(23,24)14(29,30)16(33,34)13(27,28)10(3,21)22;1-6-5-9(12(21,22)14(25,26)15(27,28)16(29,30)31)7(2)4-8(6)11(19,20)13(23,24)10(3,17)18/h4-5H,1-3H3;4-5H,1-3H3;4-5H,1-3H3. The van der Waals surface area contributed by atoms with E-state index in [2.05, 4.69) is 0 Å². The number of hydrogen-bond acceptors (Lipinski definition) is 0. The first-order chi connectivity index (χ1) is 54.8. The summed E-state index contributed by atoms with van der Waals surface area (Å²) in [6.07, 6.45) is -23.0. The topological polar surface area (TPSA) is 0 Å². The molecule has 3 rings (SSSR count). The van der Waals surface area contributed by atoms with E-state index in [-0.39, 0.29) is 33.8 Å². The minimum Gasteiger partial charge on any atom is -0.200 e. The van der Waals surface area contributed by atoms with Gasteiger partial charge < -0.3 is 0 Å². The first-order valence-corrected chi connectivity index (χ1v) is 30.8. The van der Waals surface area contributed by atoms with Crippen LogP contribution in [-0.4, -0.2) is 161 Å². The second-order valence-electron chi connectivity index (χ2n) is 27.1. The van der Waals surface area contributed by atoms with Crippen LogP contribution in [0.1, 0.15) is 87.5 Å². The Balaban J connectivity index is 0.00000101. The van der Waals surface area contributed by atoms with E-state index in [1.165, 1.54) is 0 Å². The molecule has 0 amide bonds. The molecule has 0 aliphatic heterocycles. The predicted octanol–water partition coefficient (Wildman–Crippen LogP) is 30.5. The molecule has 0 spiro atoms. The van der Waals surface area contributed by atoms with E-state index in [0.29, 0.717) is 0 Å². The molecular formula is C60H33F69.